The van der Waals surface area contributed by atoms with E-state index in [4.69, 9.17) is 0 Å². The Morgan fingerprint density at radius 2 is 2.00 bits per heavy atom. The number of aromatic nitrogens is 2. The lowest BCUT2D eigenvalue weighted by Crippen LogP contribution is -2.64. The Kier molecular flexibility index (Phi) is 5.47. The fourth-order valence-corrected chi connectivity index (χ4v) is 9.48. The van der Waals surface area contributed by atoms with Gasteiger partial charge in [0.2, 0.25) is 12.2 Å². The molecular formula is C29H31N4O6S+. The quantitative estimate of drug-likeness (QED) is 0.349. The number of aliphatic hydroxyl groups excluding tert-OH is 1. The van der Waals surface area contributed by atoms with Gasteiger partial charge in [-0.2, -0.15) is 0 Å². The van der Waals surface area contributed by atoms with E-state index in [0.717, 1.165) is 17.5 Å². The lowest BCUT2D eigenvalue weighted by molar-refractivity contribution is -0.671. The molecule has 2 N–H and O–H groups in total. The highest BCUT2D eigenvalue weighted by molar-refractivity contribution is 7.93. The van der Waals surface area contributed by atoms with Crippen molar-refractivity contribution in [2.24, 2.45) is 18.9 Å². The predicted molar refractivity (Wildman–Crippen MR) is 145 cm³/mol. The number of β-lactam (4-membered cyclic amide) rings is 1. The monoisotopic (exact) mass is 563 g/mol. The fourth-order valence-electron chi connectivity index (χ4n) is 7.59. The molecule has 40 heavy (non-hydrogen) atoms. The number of carbonyl (C=O) groups is 2. The second-order valence-electron chi connectivity index (χ2n) is 11.4. The zero-order valence-corrected chi connectivity index (χ0v) is 23.1. The van der Waals surface area contributed by atoms with Gasteiger partial charge in [-0.05, 0) is 48.4 Å². The van der Waals surface area contributed by atoms with E-state index in [-0.39, 0.29) is 16.5 Å². The topological polar surface area (TPSA) is 124 Å². The van der Waals surface area contributed by atoms with E-state index in [2.05, 4.69) is 4.57 Å². The molecule has 1 aromatic heterocycles. The van der Waals surface area contributed by atoms with E-state index in [1.165, 1.54) is 9.21 Å². The van der Waals surface area contributed by atoms with Crippen molar-refractivity contribution in [3.63, 3.8) is 0 Å². The van der Waals surface area contributed by atoms with E-state index in [1.54, 1.807) is 19.1 Å². The maximum atomic E-state index is 14.2. The van der Waals surface area contributed by atoms with Crippen molar-refractivity contribution >= 4 is 38.4 Å². The molecule has 2 fully saturated rings. The van der Waals surface area contributed by atoms with Crippen molar-refractivity contribution in [3.8, 4) is 0 Å². The molecule has 208 valence electrons. The van der Waals surface area contributed by atoms with Gasteiger partial charge in [-0.1, -0.05) is 24.6 Å². The third-order valence-electron chi connectivity index (χ3n) is 9.18. The Morgan fingerprint density at radius 3 is 2.70 bits per heavy atom. The normalized spacial score (nSPS) is 27.1. The smallest absolute Gasteiger partial charge is 0.352 e. The molecule has 5 unspecified atom stereocenters. The van der Waals surface area contributed by atoms with Crippen LogP contribution in [0.3, 0.4) is 0 Å². The molecule has 0 radical (unpaired) electrons. The zero-order valence-electron chi connectivity index (χ0n) is 22.3. The molecule has 3 aromatic rings. The van der Waals surface area contributed by atoms with E-state index < -0.39 is 46.0 Å². The van der Waals surface area contributed by atoms with Gasteiger partial charge in [-0.25, -0.2) is 22.3 Å². The molecule has 1 aliphatic carbocycles. The second kappa shape index (κ2) is 8.65. The van der Waals surface area contributed by atoms with Crippen LogP contribution < -0.4 is 8.87 Å². The first-order valence-electron chi connectivity index (χ1n) is 13.7. The summed E-state index contributed by atoms with van der Waals surface area (Å²) in [5, 5.41) is 22.1. The first-order chi connectivity index (χ1) is 19.1. The fraction of sp³-hybridized carbons (Fsp3) is 0.414. The zero-order chi connectivity index (χ0) is 28.1. The number of aliphatic hydroxyl groups is 1. The number of amides is 1. The third kappa shape index (κ3) is 3.30. The third-order valence-corrected chi connectivity index (χ3v) is 11.0. The number of anilines is 1. The summed E-state index contributed by atoms with van der Waals surface area (Å²) in [5.74, 6) is -2.64. The number of aryl methyl sites for hydroxylation is 3. The number of sulfonamides is 1. The largest absolute Gasteiger partial charge is 0.477 e. The number of hydrogen-bond acceptors (Lipinski definition) is 5. The van der Waals surface area contributed by atoms with Gasteiger partial charge in [0.25, 0.3) is 10.0 Å². The Morgan fingerprint density at radius 1 is 1.20 bits per heavy atom. The average molecular weight is 564 g/mol. The minimum absolute atomic E-state index is 0.111. The number of carboxylic acid groups (broad SMARTS) is 1. The minimum Gasteiger partial charge on any atom is -0.477 e. The first kappa shape index (κ1) is 25.3. The van der Waals surface area contributed by atoms with Crippen LogP contribution in [0.25, 0.3) is 10.8 Å². The van der Waals surface area contributed by atoms with Gasteiger partial charge in [0, 0.05) is 17.7 Å². The summed E-state index contributed by atoms with van der Waals surface area (Å²) >= 11 is 0. The molecule has 0 bridgehead atoms. The van der Waals surface area contributed by atoms with E-state index >= 15 is 0 Å². The highest BCUT2D eigenvalue weighted by Crippen LogP contribution is 2.55. The maximum Gasteiger partial charge on any atom is 0.352 e. The van der Waals surface area contributed by atoms with Gasteiger partial charge < -0.3 is 15.1 Å². The van der Waals surface area contributed by atoms with E-state index in [9.17, 15) is 28.2 Å². The molecule has 3 aliphatic heterocycles. The van der Waals surface area contributed by atoms with Crippen molar-refractivity contribution in [3.05, 3.63) is 65.9 Å². The average Bonchev–Trinajstić information content (AvgIpc) is 3.52. The number of fused-ring (bicyclic) bond motifs is 3. The van der Waals surface area contributed by atoms with Crippen LogP contribution in [0, 0.1) is 11.8 Å². The summed E-state index contributed by atoms with van der Waals surface area (Å²) in [7, 11) is -2.02. The molecular weight excluding hydrogens is 532 g/mol. The molecule has 0 spiro atoms. The highest BCUT2D eigenvalue weighted by Gasteiger charge is 2.63. The molecule has 11 heteroatoms. The second-order valence-corrected chi connectivity index (χ2v) is 13.2. The van der Waals surface area contributed by atoms with Gasteiger partial charge in [-0.15, -0.1) is 0 Å². The lowest BCUT2D eigenvalue weighted by Gasteiger charge is -2.48. The molecule has 1 saturated carbocycles. The molecule has 4 heterocycles. The van der Waals surface area contributed by atoms with Gasteiger partial charge in [0.15, 0.2) is 0 Å². The van der Waals surface area contributed by atoms with Crippen LogP contribution in [0.1, 0.15) is 31.7 Å². The minimum atomic E-state index is -3.98. The SMILES string of the molecule is CC(O)C1C(=O)N2C(C(=O)O)=C3C(CCCC3N3c4cccc5c(CCn6cc[n+](C)c6)ccc(c45)S3(=O)=O)C12. The van der Waals surface area contributed by atoms with Crippen molar-refractivity contribution in [2.45, 2.75) is 62.2 Å². The molecule has 4 aliphatic rings. The molecule has 1 amide bonds. The molecule has 7 rings (SSSR count). The Bertz CT molecular complexity index is 1740. The van der Waals surface area contributed by atoms with Crippen molar-refractivity contribution < 1.29 is 32.8 Å². The Hall–Kier alpha value is -3.70. The molecule has 5 atom stereocenters. The molecule has 10 nitrogen and oxygen atoms in total. The van der Waals surface area contributed by atoms with Gasteiger partial charge >= 0.3 is 5.97 Å². The predicted octanol–water partition coefficient (Wildman–Crippen LogP) is 1.95. The maximum absolute atomic E-state index is 14.2. The highest BCUT2D eigenvalue weighted by atomic mass is 32.2. The van der Waals surface area contributed by atoms with Crippen LogP contribution in [0.5, 0.6) is 0 Å². The van der Waals surface area contributed by atoms with E-state index in [1.807, 2.05) is 48.5 Å². The van der Waals surface area contributed by atoms with Crippen LogP contribution in [0.15, 0.2) is 65.2 Å². The number of aliphatic carboxylic acids is 1. The van der Waals surface area contributed by atoms with Crippen LogP contribution >= 0.6 is 0 Å². The van der Waals surface area contributed by atoms with Crippen molar-refractivity contribution in [1.82, 2.24) is 9.47 Å². The van der Waals surface area contributed by atoms with Gasteiger partial charge in [-0.3, -0.25) is 9.10 Å². The number of hydrogen-bond donors (Lipinski definition) is 2. The van der Waals surface area contributed by atoms with Crippen molar-refractivity contribution in [2.75, 3.05) is 4.31 Å². The van der Waals surface area contributed by atoms with Crippen LogP contribution in [-0.4, -0.2) is 58.2 Å². The summed E-state index contributed by atoms with van der Waals surface area (Å²) in [4.78, 5) is 27.0. The summed E-state index contributed by atoms with van der Waals surface area (Å²) < 4.78 is 33.8. The number of carbonyl (C=O) groups excluding carboxylic acids is 1. The summed E-state index contributed by atoms with van der Waals surface area (Å²) in [6.07, 6.45) is 7.56. The summed E-state index contributed by atoms with van der Waals surface area (Å²) in [5.41, 5.74) is 1.98. The van der Waals surface area contributed by atoms with E-state index in [0.29, 0.717) is 42.3 Å². The summed E-state index contributed by atoms with van der Waals surface area (Å²) in [6, 6.07) is 7.98. The number of benzene rings is 2. The Labute approximate surface area is 231 Å². The molecule has 1 saturated heterocycles. The number of carboxylic acids is 1. The standard InChI is InChI=1S/C29H30N4O6S/c1-16(34)23-26-19-6-4-8-21(25(19)27(29(36)37)32(26)28(23)35)33-20-7-3-5-18-17(11-12-31-14-13-30(2)15-31)9-10-22(24(18)20)40(33,38)39/h3,5,7,9-10,13-16,19,21,23,26,34H,4,6,8,11-12H2,1-2H3/p+1. The van der Waals surface area contributed by atoms with Crippen LogP contribution in [0.2, 0.25) is 0 Å². The van der Waals surface area contributed by atoms with Crippen LogP contribution in [0.4, 0.5) is 5.69 Å². The van der Waals surface area contributed by atoms with Crippen LogP contribution in [-0.2, 0) is 39.6 Å². The van der Waals surface area contributed by atoms with Gasteiger partial charge in [0.1, 0.15) is 18.1 Å². The number of nitrogens with zero attached hydrogens (tertiary/aromatic N) is 4. The number of imidazole rings is 1. The lowest BCUT2D eigenvalue weighted by atomic mass is 9.71. The first-order valence-corrected chi connectivity index (χ1v) is 15.1. The number of rotatable bonds is 6. The van der Waals surface area contributed by atoms with Gasteiger partial charge in [0.05, 0.1) is 48.3 Å². The molecule has 2 aromatic carbocycles. The Balaban J connectivity index is 1.33. The summed E-state index contributed by atoms with van der Waals surface area (Å²) in [6.45, 7) is 2.29. The van der Waals surface area contributed by atoms with Crippen molar-refractivity contribution in [1.29, 1.82) is 0 Å².